The first-order chi connectivity index (χ1) is 8.33. The van der Waals surface area contributed by atoms with Gasteiger partial charge in [-0.05, 0) is 54.2 Å². The lowest BCUT2D eigenvalue weighted by Gasteiger charge is -2.03. The van der Waals surface area contributed by atoms with Gasteiger partial charge in [-0.2, -0.15) is 0 Å². The minimum absolute atomic E-state index is 0. The Morgan fingerprint density at radius 2 is 2.06 bits per heavy atom. The van der Waals surface area contributed by atoms with Crippen molar-refractivity contribution in [1.82, 2.24) is 4.98 Å². The molecule has 2 aromatic rings. The summed E-state index contributed by atoms with van der Waals surface area (Å²) in [6, 6.07) is 10.8. The largest absolute Gasteiger partial charge is 0.264 e. The second kappa shape index (κ2) is 5.36. The van der Waals surface area contributed by atoms with Crippen molar-refractivity contribution < 1.29 is 0 Å². The van der Waals surface area contributed by atoms with E-state index < -0.39 is 0 Å². The lowest BCUT2D eigenvalue weighted by Crippen LogP contribution is -1.83. The van der Waals surface area contributed by atoms with Crippen LogP contribution in [0.1, 0.15) is 28.7 Å². The molecule has 0 saturated carbocycles. The van der Waals surface area contributed by atoms with Crippen LogP contribution in [0.4, 0.5) is 0 Å². The molecule has 1 nitrogen and oxygen atoms in total. The predicted molar refractivity (Wildman–Crippen MR) is 78.9 cm³/mol. The van der Waals surface area contributed by atoms with Gasteiger partial charge >= 0.3 is 0 Å². The zero-order valence-corrected chi connectivity index (χ0v) is 11.2. The van der Waals surface area contributed by atoms with Crippen molar-refractivity contribution in [2.45, 2.75) is 19.8 Å². The summed E-state index contributed by atoms with van der Waals surface area (Å²) in [4.78, 5) is 4.16. The Hall–Kier alpha value is -1.60. The van der Waals surface area contributed by atoms with Gasteiger partial charge in [0, 0.05) is 12.4 Å². The number of rotatable bonds is 1. The highest BCUT2D eigenvalue weighted by atomic mass is 35.5. The Bertz CT molecular complexity index is 573. The monoisotopic (exact) mass is 257 g/mol. The van der Waals surface area contributed by atoms with Crippen LogP contribution in [0.5, 0.6) is 0 Å². The van der Waals surface area contributed by atoms with Crippen LogP contribution in [0, 0.1) is 6.92 Å². The minimum Gasteiger partial charge on any atom is -0.264 e. The summed E-state index contributed by atoms with van der Waals surface area (Å²) in [6.45, 7) is 2.15. The summed E-state index contributed by atoms with van der Waals surface area (Å²) >= 11 is 0. The molecule has 0 unspecified atom stereocenters. The molecule has 3 rings (SSSR count). The molecule has 0 atom stereocenters. The van der Waals surface area contributed by atoms with E-state index in [4.69, 9.17) is 0 Å². The van der Waals surface area contributed by atoms with Crippen molar-refractivity contribution in [3.05, 3.63) is 65.0 Å². The average molecular weight is 258 g/mol. The maximum absolute atomic E-state index is 4.16. The van der Waals surface area contributed by atoms with Gasteiger partial charge in [0.1, 0.15) is 0 Å². The van der Waals surface area contributed by atoms with Gasteiger partial charge in [0.25, 0.3) is 0 Å². The zero-order valence-electron chi connectivity index (χ0n) is 10.4. The van der Waals surface area contributed by atoms with Crippen molar-refractivity contribution in [1.29, 1.82) is 0 Å². The van der Waals surface area contributed by atoms with E-state index in [9.17, 15) is 0 Å². The molecule has 0 radical (unpaired) electrons. The number of aromatic nitrogens is 1. The summed E-state index contributed by atoms with van der Waals surface area (Å²) in [5, 5.41) is 0. The predicted octanol–water partition coefficient (Wildman–Crippen LogP) is 4.30. The van der Waals surface area contributed by atoms with Gasteiger partial charge in [-0.25, -0.2) is 0 Å². The van der Waals surface area contributed by atoms with Gasteiger partial charge in [-0.15, -0.1) is 12.4 Å². The van der Waals surface area contributed by atoms with Crippen molar-refractivity contribution in [3.8, 4) is 0 Å². The second-order valence-electron chi connectivity index (χ2n) is 4.62. The van der Waals surface area contributed by atoms with Crippen molar-refractivity contribution >= 4 is 24.1 Å². The standard InChI is InChI=1S/C16H15N.ClH/c1-12-4-5-14-6-7-15(16(14)9-12)10-13-3-2-8-17-11-13;/h2-5,8-11H,6-7H2,1H3;1H/b15-10+;. The average Bonchev–Trinajstić information content (AvgIpc) is 2.73. The molecule has 92 valence electrons. The highest BCUT2D eigenvalue weighted by Gasteiger charge is 2.15. The number of benzene rings is 1. The van der Waals surface area contributed by atoms with Crippen molar-refractivity contribution in [2.75, 3.05) is 0 Å². The van der Waals surface area contributed by atoms with Crippen LogP contribution in [0.3, 0.4) is 0 Å². The highest BCUT2D eigenvalue weighted by molar-refractivity contribution is 5.85. The third-order valence-corrected chi connectivity index (χ3v) is 3.30. The molecule has 1 aliphatic carbocycles. The van der Waals surface area contributed by atoms with Gasteiger partial charge in [-0.3, -0.25) is 4.98 Å². The quantitative estimate of drug-likeness (QED) is 0.742. The third kappa shape index (κ3) is 2.46. The topological polar surface area (TPSA) is 12.9 Å². The van der Waals surface area contributed by atoms with Gasteiger partial charge < -0.3 is 0 Å². The summed E-state index contributed by atoms with van der Waals surface area (Å²) < 4.78 is 0. The molecule has 1 aromatic heterocycles. The smallest absolute Gasteiger partial charge is 0.0340 e. The summed E-state index contributed by atoms with van der Waals surface area (Å²) in [5.74, 6) is 0. The number of fused-ring (bicyclic) bond motifs is 1. The molecule has 1 aliphatic rings. The summed E-state index contributed by atoms with van der Waals surface area (Å²) in [5.41, 5.74) is 6.87. The van der Waals surface area contributed by atoms with Crippen LogP contribution in [-0.2, 0) is 6.42 Å². The lowest BCUT2D eigenvalue weighted by atomic mass is 10.0. The Labute approximate surface area is 114 Å². The SMILES string of the molecule is Cc1ccc2c(c1)/C(=C/c1cccnc1)CC2.Cl. The molecule has 0 fully saturated rings. The molecule has 0 spiro atoms. The van der Waals surface area contributed by atoms with E-state index in [1.807, 2.05) is 18.5 Å². The molecule has 0 saturated heterocycles. The number of hydrogen-bond acceptors (Lipinski definition) is 1. The second-order valence-corrected chi connectivity index (χ2v) is 4.62. The van der Waals surface area contributed by atoms with Crippen LogP contribution in [0.15, 0.2) is 42.7 Å². The fourth-order valence-electron chi connectivity index (χ4n) is 2.42. The lowest BCUT2D eigenvalue weighted by molar-refractivity contribution is 1.08. The van der Waals surface area contributed by atoms with E-state index in [0.717, 1.165) is 6.42 Å². The molecule has 0 amide bonds. The molecule has 0 N–H and O–H groups in total. The molecule has 1 heterocycles. The highest BCUT2D eigenvalue weighted by Crippen LogP contribution is 2.34. The molecular formula is C16H16ClN. The Balaban J connectivity index is 0.00000120. The molecule has 1 aromatic carbocycles. The number of hydrogen-bond donors (Lipinski definition) is 0. The first kappa shape index (κ1) is 12.8. The first-order valence-electron chi connectivity index (χ1n) is 6.03. The normalized spacial score (nSPS) is 15.3. The van der Waals surface area contributed by atoms with E-state index >= 15 is 0 Å². The van der Waals surface area contributed by atoms with Crippen LogP contribution in [-0.4, -0.2) is 4.98 Å². The van der Waals surface area contributed by atoms with Crippen LogP contribution in [0.25, 0.3) is 11.6 Å². The number of pyridine rings is 1. The third-order valence-electron chi connectivity index (χ3n) is 3.30. The zero-order chi connectivity index (χ0) is 11.7. The maximum Gasteiger partial charge on any atom is 0.0340 e. The van der Waals surface area contributed by atoms with E-state index in [0.29, 0.717) is 0 Å². The Morgan fingerprint density at radius 3 is 2.83 bits per heavy atom. The van der Waals surface area contributed by atoms with Crippen LogP contribution >= 0.6 is 12.4 Å². The van der Waals surface area contributed by atoms with Gasteiger partial charge in [0.15, 0.2) is 0 Å². The fourth-order valence-corrected chi connectivity index (χ4v) is 2.42. The van der Waals surface area contributed by atoms with E-state index in [1.165, 1.54) is 34.2 Å². The molecule has 18 heavy (non-hydrogen) atoms. The summed E-state index contributed by atoms with van der Waals surface area (Å²) in [7, 11) is 0. The number of halogens is 1. The van der Waals surface area contributed by atoms with Gasteiger partial charge in [0.05, 0.1) is 0 Å². The molecule has 0 bridgehead atoms. The Morgan fingerprint density at radius 1 is 1.17 bits per heavy atom. The number of allylic oxidation sites excluding steroid dienone is 1. The first-order valence-corrected chi connectivity index (χ1v) is 6.03. The van der Waals surface area contributed by atoms with Crippen molar-refractivity contribution in [2.24, 2.45) is 0 Å². The summed E-state index contributed by atoms with van der Waals surface area (Å²) in [6.07, 6.45) is 8.31. The van der Waals surface area contributed by atoms with E-state index in [1.54, 1.807) is 0 Å². The molecule has 0 aliphatic heterocycles. The molecule has 2 heteroatoms. The van der Waals surface area contributed by atoms with Crippen molar-refractivity contribution in [3.63, 3.8) is 0 Å². The van der Waals surface area contributed by atoms with Crippen LogP contribution < -0.4 is 0 Å². The fraction of sp³-hybridized carbons (Fsp3) is 0.188. The van der Waals surface area contributed by atoms with Gasteiger partial charge in [0.2, 0.25) is 0 Å². The number of aryl methyl sites for hydroxylation is 2. The van der Waals surface area contributed by atoms with E-state index in [2.05, 4.69) is 42.2 Å². The molecular weight excluding hydrogens is 242 g/mol. The van der Waals surface area contributed by atoms with Gasteiger partial charge in [-0.1, -0.05) is 29.8 Å². The maximum atomic E-state index is 4.16. The van der Waals surface area contributed by atoms with Crippen LogP contribution in [0.2, 0.25) is 0 Å². The number of nitrogens with zero attached hydrogens (tertiary/aromatic N) is 1. The minimum atomic E-state index is 0. The Kier molecular flexibility index (Phi) is 3.83. The van der Waals surface area contributed by atoms with E-state index in [-0.39, 0.29) is 12.4 Å².